The summed E-state index contributed by atoms with van der Waals surface area (Å²) in [6.45, 7) is 14.2. The van der Waals surface area contributed by atoms with Gasteiger partial charge in [-0.25, -0.2) is 0 Å². The van der Waals surface area contributed by atoms with E-state index in [1.807, 2.05) is 0 Å². The summed E-state index contributed by atoms with van der Waals surface area (Å²) in [5.41, 5.74) is 3.31. The molecule has 0 N–H and O–H groups in total. The molecule has 0 bridgehead atoms. The van der Waals surface area contributed by atoms with Crippen molar-refractivity contribution < 1.29 is 0 Å². The summed E-state index contributed by atoms with van der Waals surface area (Å²) in [5, 5.41) is 3.54. The van der Waals surface area contributed by atoms with Gasteiger partial charge in [-0.05, 0) is 23.0 Å². The molecular weight excluding hydrogens is 224 g/mol. The molecule has 0 heterocycles. The SMILES string of the molecule is C[SiH2]c1ccc(C(C)C)c(C(C)C)c1[SiH2]C. The summed E-state index contributed by atoms with van der Waals surface area (Å²) in [4.78, 5) is 0. The van der Waals surface area contributed by atoms with Crippen LogP contribution in [0.3, 0.4) is 0 Å². The molecule has 0 aliphatic rings. The second-order valence-electron chi connectivity index (χ2n) is 5.22. The maximum absolute atomic E-state index is 2.44. The monoisotopic (exact) mass is 250 g/mol. The highest BCUT2D eigenvalue weighted by Crippen LogP contribution is 2.23. The molecule has 0 fully saturated rings. The number of benzene rings is 1. The van der Waals surface area contributed by atoms with Crippen molar-refractivity contribution in [2.45, 2.75) is 52.6 Å². The van der Waals surface area contributed by atoms with Gasteiger partial charge in [0.15, 0.2) is 0 Å². The van der Waals surface area contributed by atoms with E-state index in [1.54, 1.807) is 21.5 Å². The molecule has 0 radical (unpaired) electrons. The third kappa shape index (κ3) is 2.66. The van der Waals surface area contributed by atoms with Crippen LogP contribution < -0.4 is 10.4 Å². The lowest BCUT2D eigenvalue weighted by molar-refractivity contribution is 0.796. The number of rotatable bonds is 4. The summed E-state index contributed by atoms with van der Waals surface area (Å²) in [5.74, 6) is 1.37. The van der Waals surface area contributed by atoms with E-state index in [2.05, 4.69) is 52.9 Å². The van der Waals surface area contributed by atoms with Crippen molar-refractivity contribution in [2.75, 3.05) is 0 Å². The molecule has 0 aliphatic carbocycles. The van der Waals surface area contributed by atoms with Crippen LogP contribution in [-0.2, 0) is 0 Å². The first-order valence-corrected chi connectivity index (χ1v) is 10.9. The highest BCUT2D eigenvalue weighted by molar-refractivity contribution is 6.65. The molecule has 0 amide bonds. The Morgan fingerprint density at radius 1 is 0.875 bits per heavy atom. The van der Waals surface area contributed by atoms with Crippen molar-refractivity contribution in [1.82, 2.24) is 0 Å². The maximum Gasteiger partial charge on any atom is 0.0519 e. The number of hydrogen-bond acceptors (Lipinski definition) is 0. The Kier molecular flexibility index (Phi) is 5.00. The van der Waals surface area contributed by atoms with Crippen LogP contribution in [0.4, 0.5) is 0 Å². The van der Waals surface area contributed by atoms with Crippen molar-refractivity contribution in [3.63, 3.8) is 0 Å². The van der Waals surface area contributed by atoms with Crippen LogP contribution in [0.1, 0.15) is 50.7 Å². The standard InChI is InChI=1S/C14H26Si2/c1-9(2)11-7-8-12(15-5)14(16-6)13(11)10(3)4/h7-10H,15-16H2,1-6H3. The van der Waals surface area contributed by atoms with E-state index in [4.69, 9.17) is 0 Å². The smallest absolute Gasteiger partial charge is 0.0519 e. The molecule has 0 atom stereocenters. The van der Waals surface area contributed by atoms with E-state index in [1.165, 1.54) is 0 Å². The molecule has 1 aromatic carbocycles. The normalized spacial score (nSPS) is 13.0. The largest absolute Gasteiger partial charge is 0.0708 e. The second-order valence-corrected chi connectivity index (χ2v) is 8.11. The van der Waals surface area contributed by atoms with Crippen molar-refractivity contribution in [2.24, 2.45) is 0 Å². The zero-order valence-corrected chi connectivity index (χ0v) is 14.6. The summed E-state index contributed by atoms with van der Waals surface area (Å²) in [6, 6.07) is 4.83. The molecule has 0 spiro atoms. The minimum absolute atomic E-state index is 0.00784. The van der Waals surface area contributed by atoms with Gasteiger partial charge in [-0.1, -0.05) is 63.3 Å². The zero-order chi connectivity index (χ0) is 12.3. The molecule has 0 unspecified atom stereocenters. The fourth-order valence-corrected chi connectivity index (χ4v) is 6.70. The predicted octanol–water partition coefficient (Wildman–Crippen LogP) is 1.62. The first-order chi connectivity index (χ1) is 7.52. The molecule has 1 rings (SSSR count). The van der Waals surface area contributed by atoms with Gasteiger partial charge in [-0.3, -0.25) is 0 Å². The fourth-order valence-electron chi connectivity index (χ4n) is 2.66. The first-order valence-electron chi connectivity index (χ1n) is 6.67. The van der Waals surface area contributed by atoms with E-state index in [0.29, 0.717) is 11.8 Å². The Balaban J connectivity index is 3.44. The van der Waals surface area contributed by atoms with Crippen molar-refractivity contribution in [3.05, 3.63) is 23.3 Å². The van der Waals surface area contributed by atoms with Gasteiger partial charge in [-0.15, -0.1) is 0 Å². The second kappa shape index (κ2) is 5.83. The van der Waals surface area contributed by atoms with Crippen molar-refractivity contribution >= 4 is 29.4 Å². The Hall–Kier alpha value is -0.346. The van der Waals surface area contributed by atoms with E-state index in [9.17, 15) is 0 Å². The lowest BCUT2D eigenvalue weighted by Gasteiger charge is -2.22. The molecule has 0 aliphatic heterocycles. The fraction of sp³-hybridized carbons (Fsp3) is 0.571. The van der Waals surface area contributed by atoms with Gasteiger partial charge in [0.1, 0.15) is 0 Å². The van der Waals surface area contributed by atoms with E-state index in [-0.39, 0.29) is 19.0 Å². The summed E-state index contributed by atoms with van der Waals surface area (Å²) in [7, 11) is -0.0468. The van der Waals surface area contributed by atoms with Gasteiger partial charge in [0.05, 0.1) is 19.0 Å². The van der Waals surface area contributed by atoms with E-state index in [0.717, 1.165) is 0 Å². The maximum atomic E-state index is 2.44. The van der Waals surface area contributed by atoms with Crippen LogP contribution in [0, 0.1) is 0 Å². The topological polar surface area (TPSA) is 0 Å². The van der Waals surface area contributed by atoms with Crippen LogP contribution in [-0.4, -0.2) is 19.0 Å². The molecule has 16 heavy (non-hydrogen) atoms. The van der Waals surface area contributed by atoms with Crippen LogP contribution in [0.25, 0.3) is 0 Å². The van der Waals surface area contributed by atoms with Crippen molar-refractivity contribution in [1.29, 1.82) is 0 Å². The summed E-state index contributed by atoms with van der Waals surface area (Å²) < 4.78 is 0. The predicted molar refractivity (Wildman–Crippen MR) is 82.7 cm³/mol. The third-order valence-corrected chi connectivity index (χ3v) is 6.89. The van der Waals surface area contributed by atoms with Gasteiger partial charge in [0.2, 0.25) is 0 Å². The van der Waals surface area contributed by atoms with Crippen molar-refractivity contribution in [3.8, 4) is 0 Å². The lowest BCUT2D eigenvalue weighted by atomic mass is 9.90. The Morgan fingerprint density at radius 2 is 1.50 bits per heavy atom. The van der Waals surface area contributed by atoms with Gasteiger partial charge < -0.3 is 0 Å². The van der Waals surface area contributed by atoms with E-state index >= 15 is 0 Å². The Bertz CT molecular complexity index is 354. The van der Waals surface area contributed by atoms with Gasteiger partial charge in [0, 0.05) is 0 Å². The van der Waals surface area contributed by atoms with Gasteiger partial charge >= 0.3 is 0 Å². The molecule has 0 saturated carbocycles. The van der Waals surface area contributed by atoms with Crippen LogP contribution in [0.2, 0.25) is 13.1 Å². The zero-order valence-electron chi connectivity index (χ0n) is 11.7. The molecule has 0 nitrogen and oxygen atoms in total. The Morgan fingerprint density at radius 3 is 1.88 bits per heavy atom. The van der Waals surface area contributed by atoms with Crippen LogP contribution >= 0.6 is 0 Å². The average molecular weight is 251 g/mol. The molecule has 0 aromatic heterocycles. The molecule has 90 valence electrons. The van der Waals surface area contributed by atoms with Crippen LogP contribution in [0.15, 0.2) is 12.1 Å². The van der Waals surface area contributed by atoms with Gasteiger partial charge in [0.25, 0.3) is 0 Å². The third-order valence-electron chi connectivity index (χ3n) is 3.42. The summed E-state index contributed by atoms with van der Waals surface area (Å²) >= 11 is 0. The average Bonchev–Trinajstić information content (AvgIpc) is 2.26. The minimum atomic E-state index is -0.0390. The highest BCUT2D eigenvalue weighted by Gasteiger charge is 2.15. The number of hydrogen-bond donors (Lipinski definition) is 0. The molecular formula is C14H26Si2. The first kappa shape index (κ1) is 13.7. The highest BCUT2D eigenvalue weighted by atomic mass is 28.2. The summed E-state index contributed by atoms with van der Waals surface area (Å²) in [6.07, 6.45) is 0. The van der Waals surface area contributed by atoms with E-state index < -0.39 is 0 Å². The quantitative estimate of drug-likeness (QED) is 0.713. The molecule has 2 heteroatoms. The Labute approximate surface area is 105 Å². The molecule has 1 aromatic rings. The van der Waals surface area contributed by atoms with Gasteiger partial charge in [-0.2, -0.15) is 0 Å². The minimum Gasteiger partial charge on any atom is -0.0708 e. The lowest BCUT2D eigenvalue weighted by Crippen LogP contribution is -2.38. The molecule has 0 saturated heterocycles. The van der Waals surface area contributed by atoms with Crippen LogP contribution in [0.5, 0.6) is 0 Å².